The number of aryl methyl sites for hydroxylation is 1. The third kappa shape index (κ3) is 3.14. The monoisotopic (exact) mass is 255 g/mol. The van der Waals surface area contributed by atoms with Gasteiger partial charge in [0.2, 0.25) is 0 Å². The fourth-order valence-electron chi connectivity index (χ4n) is 2.70. The Kier molecular flexibility index (Phi) is 5.29. The van der Waals surface area contributed by atoms with Crippen LogP contribution in [0.2, 0.25) is 0 Å². The Morgan fingerprint density at radius 2 is 1.94 bits per heavy atom. The third-order valence-corrected chi connectivity index (χ3v) is 3.71. The van der Waals surface area contributed by atoms with E-state index < -0.39 is 0 Å². The SMILES string of the molecule is COc1ccc([C@@H](N)C2CCCC2)cc1C.Cl. The maximum Gasteiger partial charge on any atom is 0.121 e. The zero-order valence-corrected chi connectivity index (χ0v) is 11.4. The lowest BCUT2D eigenvalue weighted by molar-refractivity contribution is 0.409. The fraction of sp³-hybridized carbons (Fsp3) is 0.571. The Morgan fingerprint density at radius 3 is 2.47 bits per heavy atom. The summed E-state index contributed by atoms with van der Waals surface area (Å²) in [6.45, 7) is 2.07. The van der Waals surface area contributed by atoms with Crippen LogP contribution in [-0.2, 0) is 0 Å². The number of nitrogens with two attached hydrogens (primary N) is 1. The minimum atomic E-state index is 0. The van der Waals surface area contributed by atoms with Crippen molar-refractivity contribution >= 4 is 12.4 Å². The number of rotatable bonds is 3. The van der Waals surface area contributed by atoms with Gasteiger partial charge in [-0.15, -0.1) is 12.4 Å². The molecule has 2 rings (SSSR count). The molecule has 1 saturated carbocycles. The van der Waals surface area contributed by atoms with Gasteiger partial charge in [0.1, 0.15) is 5.75 Å². The van der Waals surface area contributed by atoms with Crippen LogP contribution in [0.5, 0.6) is 5.75 Å². The van der Waals surface area contributed by atoms with E-state index in [9.17, 15) is 0 Å². The van der Waals surface area contributed by atoms with E-state index in [1.165, 1.54) is 36.8 Å². The molecule has 1 aromatic rings. The van der Waals surface area contributed by atoms with Crippen LogP contribution in [0, 0.1) is 12.8 Å². The molecule has 1 aliphatic carbocycles. The lowest BCUT2D eigenvalue weighted by atomic mass is 9.91. The number of halogens is 1. The van der Waals surface area contributed by atoms with Crippen molar-refractivity contribution in [2.75, 3.05) is 7.11 Å². The van der Waals surface area contributed by atoms with Crippen molar-refractivity contribution in [3.8, 4) is 5.75 Å². The molecule has 17 heavy (non-hydrogen) atoms. The molecule has 0 bridgehead atoms. The molecule has 2 N–H and O–H groups in total. The number of methoxy groups -OCH3 is 1. The first-order valence-electron chi connectivity index (χ1n) is 6.12. The second-order valence-electron chi connectivity index (χ2n) is 4.80. The lowest BCUT2D eigenvalue weighted by Crippen LogP contribution is -2.19. The summed E-state index contributed by atoms with van der Waals surface area (Å²) in [4.78, 5) is 0. The summed E-state index contributed by atoms with van der Waals surface area (Å²) in [6, 6.07) is 6.50. The molecule has 0 spiro atoms. The first-order valence-corrected chi connectivity index (χ1v) is 6.12. The van der Waals surface area contributed by atoms with Crippen molar-refractivity contribution in [3.05, 3.63) is 29.3 Å². The zero-order chi connectivity index (χ0) is 11.5. The van der Waals surface area contributed by atoms with Gasteiger partial charge in [-0.1, -0.05) is 25.0 Å². The summed E-state index contributed by atoms with van der Waals surface area (Å²) in [6.07, 6.45) is 5.25. The Labute approximate surface area is 110 Å². The van der Waals surface area contributed by atoms with Crippen molar-refractivity contribution in [2.45, 2.75) is 38.6 Å². The number of hydrogen-bond donors (Lipinski definition) is 1. The topological polar surface area (TPSA) is 35.2 Å². The van der Waals surface area contributed by atoms with Gasteiger partial charge in [-0.05, 0) is 42.9 Å². The molecule has 3 heteroatoms. The Morgan fingerprint density at radius 1 is 1.29 bits per heavy atom. The van der Waals surface area contributed by atoms with Crippen LogP contribution in [0.1, 0.15) is 42.9 Å². The van der Waals surface area contributed by atoms with Crippen LogP contribution in [-0.4, -0.2) is 7.11 Å². The van der Waals surface area contributed by atoms with Gasteiger partial charge in [0.15, 0.2) is 0 Å². The average molecular weight is 256 g/mol. The summed E-state index contributed by atoms with van der Waals surface area (Å²) in [5, 5.41) is 0. The fourth-order valence-corrected chi connectivity index (χ4v) is 2.70. The first kappa shape index (κ1) is 14.3. The van der Waals surface area contributed by atoms with Gasteiger partial charge in [0.25, 0.3) is 0 Å². The standard InChI is InChI=1S/C14H21NO.ClH/c1-10-9-12(7-8-13(10)16-2)14(15)11-5-3-4-6-11;/h7-9,11,14H,3-6,15H2,1-2H3;1H/t14-;/m0./s1. The summed E-state index contributed by atoms with van der Waals surface area (Å²) in [5.74, 6) is 1.62. The molecule has 0 radical (unpaired) electrons. The molecule has 0 heterocycles. The normalized spacial score (nSPS) is 17.6. The third-order valence-electron chi connectivity index (χ3n) is 3.71. The summed E-state index contributed by atoms with van der Waals surface area (Å²) in [7, 11) is 1.71. The van der Waals surface area contributed by atoms with Crippen LogP contribution in [0.4, 0.5) is 0 Å². The summed E-state index contributed by atoms with van der Waals surface area (Å²) in [5.41, 5.74) is 8.75. The van der Waals surface area contributed by atoms with Gasteiger partial charge < -0.3 is 10.5 Å². The highest BCUT2D eigenvalue weighted by Crippen LogP contribution is 2.35. The molecule has 0 saturated heterocycles. The molecule has 0 aromatic heterocycles. The zero-order valence-electron chi connectivity index (χ0n) is 10.6. The van der Waals surface area contributed by atoms with Crippen molar-refractivity contribution in [2.24, 2.45) is 11.7 Å². The van der Waals surface area contributed by atoms with E-state index in [-0.39, 0.29) is 18.4 Å². The molecule has 1 atom stereocenters. The second-order valence-corrected chi connectivity index (χ2v) is 4.80. The maximum atomic E-state index is 6.32. The highest BCUT2D eigenvalue weighted by Gasteiger charge is 2.23. The smallest absolute Gasteiger partial charge is 0.121 e. The minimum absolute atomic E-state index is 0. The molecule has 1 fully saturated rings. The number of benzene rings is 1. The predicted molar refractivity (Wildman–Crippen MR) is 73.9 cm³/mol. The second kappa shape index (κ2) is 6.27. The van der Waals surface area contributed by atoms with Crippen LogP contribution < -0.4 is 10.5 Å². The minimum Gasteiger partial charge on any atom is -0.496 e. The van der Waals surface area contributed by atoms with E-state index >= 15 is 0 Å². The first-order chi connectivity index (χ1) is 7.72. The molecular formula is C14H22ClNO. The summed E-state index contributed by atoms with van der Waals surface area (Å²) < 4.78 is 5.26. The highest BCUT2D eigenvalue weighted by molar-refractivity contribution is 5.85. The van der Waals surface area contributed by atoms with Gasteiger partial charge >= 0.3 is 0 Å². The average Bonchev–Trinajstić information content (AvgIpc) is 2.81. The molecule has 0 amide bonds. The predicted octanol–water partition coefficient (Wildman–Crippen LogP) is 3.62. The van der Waals surface area contributed by atoms with Crippen LogP contribution in [0.3, 0.4) is 0 Å². The number of hydrogen-bond acceptors (Lipinski definition) is 2. The molecule has 0 aliphatic heterocycles. The maximum absolute atomic E-state index is 6.32. The van der Waals surface area contributed by atoms with E-state index in [4.69, 9.17) is 10.5 Å². The van der Waals surface area contributed by atoms with Gasteiger partial charge in [-0.3, -0.25) is 0 Å². The molecule has 0 unspecified atom stereocenters. The lowest BCUT2D eigenvalue weighted by Gasteiger charge is -2.20. The highest BCUT2D eigenvalue weighted by atomic mass is 35.5. The Hall–Kier alpha value is -0.730. The van der Waals surface area contributed by atoms with E-state index in [0.717, 1.165) is 5.75 Å². The van der Waals surface area contributed by atoms with Crippen LogP contribution in [0.15, 0.2) is 18.2 Å². The quantitative estimate of drug-likeness (QED) is 0.896. The van der Waals surface area contributed by atoms with E-state index in [1.54, 1.807) is 7.11 Å². The molecule has 2 nitrogen and oxygen atoms in total. The van der Waals surface area contributed by atoms with Crippen molar-refractivity contribution < 1.29 is 4.74 Å². The van der Waals surface area contributed by atoms with Crippen molar-refractivity contribution in [3.63, 3.8) is 0 Å². The van der Waals surface area contributed by atoms with Crippen LogP contribution in [0.25, 0.3) is 0 Å². The molecule has 1 aromatic carbocycles. The van der Waals surface area contributed by atoms with Crippen molar-refractivity contribution in [1.29, 1.82) is 0 Å². The molecule has 1 aliphatic rings. The van der Waals surface area contributed by atoms with E-state index in [2.05, 4.69) is 19.1 Å². The van der Waals surface area contributed by atoms with Gasteiger partial charge in [-0.2, -0.15) is 0 Å². The Balaban J connectivity index is 0.00000144. The summed E-state index contributed by atoms with van der Waals surface area (Å²) >= 11 is 0. The number of ether oxygens (including phenoxy) is 1. The van der Waals surface area contributed by atoms with Gasteiger partial charge in [-0.25, -0.2) is 0 Å². The molecular weight excluding hydrogens is 234 g/mol. The largest absolute Gasteiger partial charge is 0.496 e. The molecule has 96 valence electrons. The van der Waals surface area contributed by atoms with E-state index in [1.807, 2.05) is 6.07 Å². The Bertz CT molecular complexity index is 361. The van der Waals surface area contributed by atoms with Gasteiger partial charge in [0, 0.05) is 6.04 Å². The van der Waals surface area contributed by atoms with Crippen LogP contribution >= 0.6 is 12.4 Å². The van der Waals surface area contributed by atoms with Gasteiger partial charge in [0.05, 0.1) is 7.11 Å². The van der Waals surface area contributed by atoms with Crippen molar-refractivity contribution in [1.82, 2.24) is 0 Å². The van der Waals surface area contributed by atoms with E-state index in [0.29, 0.717) is 5.92 Å².